The Morgan fingerprint density at radius 3 is 1.88 bits per heavy atom. The van der Waals surface area contributed by atoms with Crippen LogP contribution in [-0.4, -0.2) is 41.0 Å². The minimum absolute atomic E-state index is 0.309. The van der Waals surface area contributed by atoms with Gasteiger partial charge in [0.2, 0.25) is 6.41 Å². The van der Waals surface area contributed by atoms with Crippen molar-refractivity contribution in [1.29, 1.82) is 0 Å². The van der Waals surface area contributed by atoms with Gasteiger partial charge in [-0.25, -0.2) is 4.39 Å². The molecule has 0 heterocycles. The van der Waals surface area contributed by atoms with Gasteiger partial charge in [-0.05, 0) is 76.9 Å². The molecule has 1 saturated carbocycles. The Bertz CT molecular complexity index is 1220. The highest BCUT2D eigenvalue weighted by molar-refractivity contribution is 5.79. The number of halogens is 1. The van der Waals surface area contributed by atoms with E-state index in [2.05, 4.69) is 42.8 Å². The maximum atomic E-state index is 13.9. The van der Waals surface area contributed by atoms with E-state index in [-0.39, 0.29) is 0 Å². The van der Waals surface area contributed by atoms with Crippen LogP contribution in [0.1, 0.15) is 50.7 Å². The molecule has 3 aromatic carbocycles. The number of anilines is 2. The molecule has 0 aliphatic heterocycles. The van der Waals surface area contributed by atoms with Gasteiger partial charge in [-0.3, -0.25) is 9.59 Å². The standard InChI is InChI=1S/C25H23FN2O2.C8H16.C2H6O/c1-27(2)24-11-9-22(10-12-24)21-7-5-19(6-8-21)17-28(18-30)25-15-20(4-3-13-29)14-23(26)16-25;1-7-4-3-5-8(2)6-7;1-3-2/h3-16,18H,17H2,1-2H3;7-8H,3-6H2,1-2H3;1-2H3/b4-3+;;/t;7-,8+;. The van der Waals surface area contributed by atoms with Crippen LogP contribution in [0.2, 0.25) is 0 Å². The predicted octanol–water partition coefficient (Wildman–Crippen LogP) is 8.03. The summed E-state index contributed by atoms with van der Waals surface area (Å²) >= 11 is 0. The molecule has 1 aliphatic carbocycles. The second kappa shape index (κ2) is 17.8. The first-order valence-electron chi connectivity index (χ1n) is 14.1. The topological polar surface area (TPSA) is 49.9 Å². The lowest BCUT2D eigenvalue weighted by atomic mass is 9.84. The van der Waals surface area contributed by atoms with Crippen molar-refractivity contribution in [3.05, 3.63) is 89.8 Å². The molecule has 0 unspecified atom stereocenters. The number of ether oxygens (including phenoxy) is 1. The highest BCUT2D eigenvalue weighted by Crippen LogP contribution is 2.27. The molecule has 6 heteroatoms. The zero-order chi connectivity index (χ0) is 30.2. The monoisotopic (exact) mass is 560 g/mol. The summed E-state index contributed by atoms with van der Waals surface area (Å²) in [5, 5.41) is 0. The van der Waals surface area contributed by atoms with Gasteiger partial charge in [-0.1, -0.05) is 75.6 Å². The van der Waals surface area contributed by atoms with E-state index >= 15 is 0 Å². The van der Waals surface area contributed by atoms with E-state index in [1.54, 1.807) is 20.3 Å². The first kappa shape index (κ1) is 33.4. The summed E-state index contributed by atoms with van der Waals surface area (Å²) in [5.74, 6) is 1.55. The number of carbonyl (C=O) groups is 2. The Balaban J connectivity index is 0.000000449. The number of allylic oxidation sites excluding steroid dienone is 1. The Morgan fingerprint density at radius 2 is 1.41 bits per heavy atom. The Kier molecular flexibility index (Phi) is 14.5. The summed E-state index contributed by atoms with van der Waals surface area (Å²) in [6.45, 7) is 5.05. The van der Waals surface area contributed by atoms with E-state index in [1.807, 2.05) is 43.3 Å². The molecule has 2 atom stereocenters. The number of amides is 1. The van der Waals surface area contributed by atoms with Gasteiger partial charge in [-0.15, -0.1) is 0 Å². The molecule has 1 aliphatic rings. The fourth-order valence-electron chi connectivity index (χ4n) is 4.89. The summed E-state index contributed by atoms with van der Waals surface area (Å²) in [4.78, 5) is 25.6. The molecule has 0 saturated heterocycles. The van der Waals surface area contributed by atoms with Gasteiger partial charge in [0.1, 0.15) is 12.1 Å². The molecule has 3 aromatic rings. The van der Waals surface area contributed by atoms with Crippen LogP contribution < -0.4 is 9.80 Å². The fourth-order valence-corrected chi connectivity index (χ4v) is 4.89. The van der Waals surface area contributed by atoms with E-state index in [0.29, 0.717) is 30.5 Å². The number of rotatable bonds is 8. The van der Waals surface area contributed by atoms with Gasteiger partial charge in [-0.2, -0.15) is 0 Å². The normalized spacial score (nSPS) is 16.1. The first-order valence-corrected chi connectivity index (χ1v) is 14.1. The molecule has 0 N–H and O–H groups in total. The van der Waals surface area contributed by atoms with E-state index in [4.69, 9.17) is 0 Å². The molecule has 0 radical (unpaired) electrons. The van der Waals surface area contributed by atoms with Gasteiger partial charge in [0.05, 0.1) is 6.54 Å². The van der Waals surface area contributed by atoms with Gasteiger partial charge in [0, 0.05) is 39.7 Å². The van der Waals surface area contributed by atoms with Crippen molar-refractivity contribution in [2.24, 2.45) is 11.8 Å². The van der Waals surface area contributed by atoms with E-state index in [1.165, 1.54) is 54.9 Å². The van der Waals surface area contributed by atoms with E-state index in [0.717, 1.165) is 34.2 Å². The largest absolute Gasteiger partial charge is 0.388 e. The highest BCUT2D eigenvalue weighted by atomic mass is 19.1. The van der Waals surface area contributed by atoms with Crippen molar-refractivity contribution in [3.63, 3.8) is 0 Å². The molecule has 220 valence electrons. The molecule has 1 amide bonds. The summed E-state index contributed by atoms with van der Waals surface area (Å²) in [7, 11) is 7.26. The van der Waals surface area contributed by atoms with Crippen molar-refractivity contribution in [3.8, 4) is 11.1 Å². The van der Waals surface area contributed by atoms with Crippen LogP contribution in [0.4, 0.5) is 15.8 Å². The summed E-state index contributed by atoms with van der Waals surface area (Å²) in [5.41, 5.74) is 5.18. The number of hydrogen-bond acceptors (Lipinski definition) is 4. The lowest BCUT2D eigenvalue weighted by Gasteiger charge is -2.22. The van der Waals surface area contributed by atoms with Crippen LogP contribution in [0.3, 0.4) is 0 Å². The SMILES string of the molecule is CN(C)c1ccc(-c2ccc(CN(C=O)c3cc(F)cc(/C=C/C=O)c3)cc2)cc1.COC.C[C@@H]1CCC[C@H](C)C1. The lowest BCUT2D eigenvalue weighted by molar-refractivity contribution is -0.107. The molecular formula is C35H45FN2O3. The average Bonchev–Trinajstić information content (AvgIpc) is 2.95. The first-order chi connectivity index (χ1) is 19.7. The number of benzene rings is 3. The molecule has 0 bridgehead atoms. The van der Waals surface area contributed by atoms with Crippen LogP contribution in [0.25, 0.3) is 17.2 Å². The van der Waals surface area contributed by atoms with Gasteiger partial charge in [0.25, 0.3) is 0 Å². The molecule has 5 nitrogen and oxygen atoms in total. The number of nitrogens with zero attached hydrogens (tertiary/aromatic N) is 2. The third-order valence-corrected chi connectivity index (χ3v) is 6.95. The van der Waals surface area contributed by atoms with Crippen LogP contribution in [0.15, 0.2) is 72.8 Å². The Labute approximate surface area is 245 Å². The molecule has 0 spiro atoms. The maximum absolute atomic E-state index is 13.9. The number of methoxy groups -OCH3 is 1. The van der Waals surface area contributed by atoms with Crippen LogP contribution in [0, 0.1) is 17.7 Å². The van der Waals surface area contributed by atoms with Gasteiger partial charge >= 0.3 is 0 Å². The second-order valence-electron chi connectivity index (χ2n) is 10.9. The fraction of sp³-hybridized carbons (Fsp3) is 0.371. The number of aldehydes is 1. The molecule has 4 rings (SSSR count). The quantitative estimate of drug-likeness (QED) is 0.207. The third-order valence-electron chi connectivity index (χ3n) is 6.95. The van der Waals surface area contributed by atoms with Crippen LogP contribution >= 0.6 is 0 Å². The third kappa shape index (κ3) is 11.7. The summed E-state index contributed by atoms with van der Waals surface area (Å²) in [6, 6.07) is 20.5. The van der Waals surface area contributed by atoms with Gasteiger partial charge in [0.15, 0.2) is 0 Å². The second-order valence-corrected chi connectivity index (χ2v) is 10.9. The van der Waals surface area contributed by atoms with Crippen molar-refractivity contribution in [2.75, 3.05) is 38.1 Å². The summed E-state index contributed by atoms with van der Waals surface area (Å²) < 4.78 is 18.2. The zero-order valence-electron chi connectivity index (χ0n) is 25.3. The van der Waals surface area contributed by atoms with Crippen LogP contribution in [0.5, 0.6) is 0 Å². The molecule has 0 aromatic heterocycles. The van der Waals surface area contributed by atoms with Crippen molar-refractivity contribution >= 4 is 30.1 Å². The van der Waals surface area contributed by atoms with Crippen LogP contribution in [-0.2, 0) is 20.9 Å². The van der Waals surface area contributed by atoms with E-state index < -0.39 is 5.82 Å². The average molecular weight is 561 g/mol. The number of carbonyl (C=O) groups excluding carboxylic acids is 2. The smallest absolute Gasteiger partial charge is 0.214 e. The summed E-state index contributed by atoms with van der Waals surface area (Å²) in [6.07, 6.45) is 9.98. The number of hydrogen-bond donors (Lipinski definition) is 0. The Hall–Kier alpha value is -3.77. The Morgan fingerprint density at radius 1 is 0.854 bits per heavy atom. The van der Waals surface area contributed by atoms with Crippen molar-refractivity contribution < 1.29 is 18.7 Å². The maximum Gasteiger partial charge on any atom is 0.214 e. The molecule has 41 heavy (non-hydrogen) atoms. The molecule has 1 fully saturated rings. The van der Waals surface area contributed by atoms with Gasteiger partial charge < -0.3 is 14.5 Å². The minimum Gasteiger partial charge on any atom is -0.388 e. The highest BCUT2D eigenvalue weighted by Gasteiger charge is 2.13. The van der Waals surface area contributed by atoms with Crippen molar-refractivity contribution in [1.82, 2.24) is 0 Å². The zero-order valence-corrected chi connectivity index (χ0v) is 25.3. The molecular weight excluding hydrogens is 515 g/mol. The van der Waals surface area contributed by atoms with E-state index in [9.17, 15) is 14.0 Å². The lowest BCUT2D eigenvalue weighted by Crippen LogP contribution is -2.20. The van der Waals surface area contributed by atoms with Crippen molar-refractivity contribution in [2.45, 2.75) is 46.1 Å². The minimum atomic E-state index is -0.471. The predicted molar refractivity (Wildman–Crippen MR) is 170 cm³/mol.